The van der Waals surface area contributed by atoms with E-state index >= 15 is 0 Å². The van der Waals surface area contributed by atoms with Gasteiger partial charge >= 0.3 is 0 Å². The highest BCUT2D eigenvalue weighted by atomic mass is 32.2. The van der Waals surface area contributed by atoms with E-state index in [-0.39, 0.29) is 19.1 Å². The van der Waals surface area contributed by atoms with E-state index in [9.17, 15) is 9.59 Å². The maximum atomic E-state index is 13.3. The molecule has 4 rings (SSSR count). The smallest absolute Gasteiger partial charge is 0.267 e. The van der Waals surface area contributed by atoms with Gasteiger partial charge in [0.1, 0.15) is 5.76 Å². The summed E-state index contributed by atoms with van der Waals surface area (Å²) in [5.74, 6) is 0.759. The Bertz CT molecular complexity index is 1220. The van der Waals surface area contributed by atoms with Crippen LogP contribution >= 0.6 is 11.8 Å². The van der Waals surface area contributed by atoms with Gasteiger partial charge in [-0.15, -0.1) is 0 Å². The molecule has 0 radical (unpaired) electrons. The summed E-state index contributed by atoms with van der Waals surface area (Å²) in [5.41, 5.74) is 6.66. The van der Waals surface area contributed by atoms with Crippen molar-refractivity contribution in [2.45, 2.75) is 13.5 Å². The van der Waals surface area contributed by atoms with Crippen molar-refractivity contribution in [3.63, 3.8) is 0 Å². The number of rotatable bonds is 9. The molecule has 174 valence electrons. The maximum Gasteiger partial charge on any atom is 0.267 e. The van der Waals surface area contributed by atoms with E-state index in [2.05, 4.69) is 4.99 Å². The Balaban J connectivity index is 1.64. The molecule has 0 atom stereocenters. The van der Waals surface area contributed by atoms with Gasteiger partial charge in [-0.25, -0.2) is 4.99 Å². The molecule has 2 N–H and O–H groups in total. The van der Waals surface area contributed by atoms with Crippen molar-refractivity contribution in [1.82, 2.24) is 4.90 Å². The number of primary amides is 1. The Hall–Kier alpha value is -3.98. The van der Waals surface area contributed by atoms with Crippen molar-refractivity contribution in [1.29, 1.82) is 0 Å². The molecular weight excluding hydrogens is 454 g/mol. The lowest BCUT2D eigenvalue weighted by Gasteiger charge is -2.13. The number of hydrogen-bond acceptors (Lipinski definition) is 7. The van der Waals surface area contributed by atoms with Crippen molar-refractivity contribution in [3.05, 3.63) is 83.2 Å². The molecule has 9 heteroatoms. The van der Waals surface area contributed by atoms with Crippen LogP contribution in [0.1, 0.15) is 18.2 Å². The van der Waals surface area contributed by atoms with Crippen LogP contribution in [0.25, 0.3) is 6.08 Å². The zero-order valence-electron chi connectivity index (χ0n) is 18.5. The van der Waals surface area contributed by atoms with Crippen LogP contribution in [0.2, 0.25) is 0 Å². The maximum absolute atomic E-state index is 13.3. The monoisotopic (exact) mass is 477 g/mol. The lowest BCUT2D eigenvalue weighted by Crippen LogP contribution is -2.28. The molecule has 1 fully saturated rings. The summed E-state index contributed by atoms with van der Waals surface area (Å²) in [6.07, 6.45) is 3.35. The van der Waals surface area contributed by atoms with Gasteiger partial charge in [0, 0.05) is 0 Å². The molecule has 0 aliphatic carbocycles. The van der Waals surface area contributed by atoms with E-state index in [1.807, 2.05) is 43.3 Å². The minimum Gasteiger partial charge on any atom is -0.490 e. The highest BCUT2D eigenvalue weighted by Gasteiger charge is 2.34. The van der Waals surface area contributed by atoms with Crippen LogP contribution in [0.5, 0.6) is 11.5 Å². The second-order valence-electron chi connectivity index (χ2n) is 7.21. The molecule has 2 aromatic carbocycles. The summed E-state index contributed by atoms with van der Waals surface area (Å²) < 4.78 is 16.5. The summed E-state index contributed by atoms with van der Waals surface area (Å²) in [5, 5.41) is 0.560. The van der Waals surface area contributed by atoms with Gasteiger partial charge in [0.2, 0.25) is 0 Å². The molecule has 3 aromatic rings. The number of furan rings is 1. The van der Waals surface area contributed by atoms with Crippen molar-refractivity contribution in [2.24, 2.45) is 10.7 Å². The number of nitrogens with two attached hydrogens (primary N) is 1. The average molecular weight is 478 g/mol. The van der Waals surface area contributed by atoms with Gasteiger partial charge in [0.05, 0.1) is 30.0 Å². The number of amides is 2. The molecule has 0 bridgehead atoms. The van der Waals surface area contributed by atoms with E-state index in [4.69, 9.17) is 19.6 Å². The molecule has 2 amide bonds. The van der Waals surface area contributed by atoms with Crippen LogP contribution in [0.4, 0.5) is 5.69 Å². The van der Waals surface area contributed by atoms with Crippen molar-refractivity contribution < 1.29 is 23.5 Å². The third kappa shape index (κ3) is 5.68. The lowest BCUT2D eigenvalue weighted by atomic mass is 10.2. The topological polar surface area (TPSA) is 107 Å². The van der Waals surface area contributed by atoms with E-state index in [1.165, 1.54) is 11.8 Å². The lowest BCUT2D eigenvalue weighted by molar-refractivity contribution is -0.123. The van der Waals surface area contributed by atoms with Gasteiger partial charge < -0.3 is 19.6 Å². The van der Waals surface area contributed by atoms with Gasteiger partial charge in [-0.3, -0.25) is 14.5 Å². The van der Waals surface area contributed by atoms with Crippen LogP contribution in [0, 0.1) is 0 Å². The van der Waals surface area contributed by atoms with Gasteiger partial charge in [0.25, 0.3) is 11.8 Å². The standard InChI is InChI=1S/C25H23N3O5S/c1-2-31-21-13-17(10-11-20(21)33-16-23(26)29)14-22-24(30)28(15-19-9-6-12-32-19)25(34-22)27-18-7-4-3-5-8-18/h3-14H,2,15-16H2,1H3,(H2,26,29). The Morgan fingerprint density at radius 2 is 1.94 bits per heavy atom. The first kappa shape index (κ1) is 23.2. The SMILES string of the molecule is CCOc1cc(C=C2SC(=Nc3ccccc3)N(Cc3ccco3)C2=O)ccc1OCC(N)=O. The first-order valence-corrected chi connectivity index (χ1v) is 11.4. The van der Waals surface area contributed by atoms with Crippen molar-refractivity contribution in [2.75, 3.05) is 13.2 Å². The Morgan fingerprint density at radius 1 is 1.12 bits per heavy atom. The highest BCUT2D eigenvalue weighted by Crippen LogP contribution is 2.36. The number of aliphatic imine (C=N–C) groups is 1. The zero-order chi connectivity index (χ0) is 23.9. The summed E-state index contributed by atoms with van der Waals surface area (Å²) >= 11 is 1.29. The van der Waals surface area contributed by atoms with E-state index in [0.717, 1.165) is 11.3 Å². The minimum absolute atomic E-state index is 0.178. The minimum atomic E-state index is -0.580. The van der Waals surface area contributed by atoms with Gasteiger partial charge in [-0.1, -0.05) is 24.3 Å². The van der Waals surface area contributed by atoms with Gasteiger partial charge in [-0.05, 0) is 66.7 Å². The number of carbonyl (C=O) groups is 2. The molecule has 0 spiro atoms. The summed E-state index contributed by atoms with van der Waals surface area (Å²) in [6.45, 7) is 2.27. The summed E-state index contributed by atoms with van der Waals surface area (Å²) in [7, 11) is 0. The number of nitrogens with zero attached hydrogens (tertiary/aromatic N) is 2. The second-order valence-corrected chi connectivity index (χ2v) is 8.21. The molecule has 1 aliphatic heterocycles. The van der Waals surface area contributed by atoms with Crippen molar-refractivity contribution in [3.8, 4) is 11.5 Å². The fraction of sp³-hybridized carbons (Fsp3) is 0.160. The van der Waals surface area contributed by atoms with Crippen molar-refractivity contribution >= 4 is 40.5 Å². The van der Waals surface area contributed by atoms with E-state index in [0.29, 0.717) is 33.9 Å². The average Bonchev–Trinajstić information content (AvgIpc) is 3.44. The number of amidine groups is 1. The highest BCUT2D eigenvalue weighted by molar-refractivity contribution is 8.18. The molecule has 1 aliphatic rings. The van der Waals surface area contributed by atoms with Crippen LogP contribution in [0.3, 0.4) is 0 Å². The van der Waals surface area contributed by atoms with Crippen LogP contribution in [-0.4, -0.2) is 35.1 Å². The first-order valence-electron chi connectivity index (χ1n) is 10.6. The third-order valence-corrected chi connectivity index (χ3v) is 5.71. The number of para-hydroxylation sites is 1. The van der Waals surface area contributed by atoms with E-state index < -0.39 is 5.91 Å². The van der Waals surface area contributed by atoms with Crippen LogP contribution in [0.15, 0.2) is 81.2 Å². The third-order valence-electron chi connectivity index (χ3n) is 4.70. The predicted molar refractivity (Wildman–Crippen MR) is 131 cm³/mol. The zero-order valence-corrected chi connectivity index (χ0v) is 19.3. The Morgan fingerprint density at radius 3 is 2.65 bits per heavy atom. The normalized spacial score (nSPS) is 15.8. The molecule has 0 unspecified atom stereocenters. The predicted octanol–water partition coefficient (Wildman–Crippen LogP) is 4.35. The molecular formula is C25H23N3O5S. The van der Waals surface area contributed by atoms with E-state index in [1.54, 1.807) is 41.5 Å². The fourth-order valence-corrected chi connectivity index (χ4v) is 4.20. The number of benzene rings is 2. The number of carbonyl (C=O) groups excluding carboxylic acids is 2. The summed E-state index contributed by atoms with van der Waals surface area (Å²) in [4.78, 5) is 31.1. The largest absolute Gasteiger partial charge is 0.490 e. The number of thioether (sulfide) groups is 1. The quantitative estimate of drug-likeness (QED) is 0.459. The van der Waals surface area contributed by atoms with Gasteiger partial charge in [0.15, 0.2) is 23.3 Å². The molecule has 34 heavy (non-hydrogen) atoms. The molecule has 2 heterocycles. The first-order chi connectivity index (χ1) is 16.5. The number of ether oxygens (including phenoxy) is 2. The Labute approximate surface area is 201 Å². The summed E-state index contributed by atoms with van der Waals surface area (Å²) in [6, 6.07) is 18.3. The second kappa shape index (κ2) is 10.8. The fourth-order valence-electron chi connectivity index (χ4n) is 3.20. The van der Waals surface area contributed by atoms with Crippen LogP contribution in [-0.2, 0) is 16.1 Å². The van der Waals surface area contributed by atoms with Gasteiger partial charge in [-0.2, -0.15) is 0 Å². The molecule has 1 aromatic heterocycles. The Kier molecular flexibility index (Phi) is 7.34. The molecule has 1 saturated heterocycles. The number of hydrogen-bond donors (Lipinski definition) is 1. The molecule has 8 nitrogen and oxygen atoms in total. The molecule has 0 saturated carbocycles. The van der Waals surface area contributed by atoms with Crippen LogP contribution < -0.4 is 15.2 Å².